The molecule has 0 aliphatic carbocycles. The van der Waals surface area contributed by atoms with E-state index in [1.165, 1.54) is 0 Å². The number of nitrogens with one attached hydrogen (secondary N) is 1. The molecule has 3 rings (SSSR count). The minimum absolute atomic E-state index is 0.117. The van der Waals surface area contributed by atoms with E-state index < -0.39 is 0 Å². The number of rotatable bonds is 9. The topological polar surface area (TPSA) is 52.7 Å². The van der Waals surface area contributed by atoms with Crippen LogP contribution in [0.2, 0.25) is 0 Å². The van der Waals surface area contributed by atoms with E-state index in [1.807, 2.05) is 59.5 Å². The lowest BCUT2D eigenvalue weighted by molar-refractivity contribution is -0.128. The number of anilines is 1. The minimum Gasteiger partial charge on any atom is -0.375 e. The SMILES string of the molecule is CCCCN(C)c1ccc(C(=O)N[C@@H](CN2CCCC2=O)c2ccccc2)cc1. The number of hydrogen-bond donors (Lipinski definition) is 1. The molecule has 1 heterocycles. The molecule has 0 unspecified atom stereocenters. The normalized spacial score (nSPS) is 14.7. The van der Waals surface area contributed by atoms with E-state index in [-0.39, 0.29) is 17.9 Å². The molecule has 0 aromatic heterocycles. The molecule has 0 spiro atoms. The van der Waals surface area contributed by atoms with E-state index in [1.54, 1.807) is 0 Å². The molecule has 1 fully saturated rings. The first-order valence-electron chi connectivity index (χ1n) is 10.5. The molecule has 1 aliphatic rings. The van der Waals surface area contributed by atoms with Crippen molar-refractivity contribution in [3.63, 3.8) is 0 Å². The summed E-state index contributed by atoms with van der Waals surface area (Å²) in [4.78, 5) is 29.0. The van der Waals surface area contributed by atoms with Crippen molar-refractivity contribution >= 4 is 17.5 Å². The molecule has 1 N–H and O–H groups in total. The fourth-order valence-corrected chi connectivity index (χ4v) is 3.67. The molecular weight excluding hydrogens is 362 g/mol. The van der Waals surface area contributed by atoms with Gasteiger partial charge in [-0.1, -0.05) is 43.7 Å². The number of likely N-dealkylation sites (tertiary alicyclic amines) is 1. The third-order valence-corrected chi connectivity index (χ3v) is 5.50. The Balaban J connectivity index is 1.70. The molecule has 2 aromatic rings. The van der Waals surface area contributed by atoms with E-state index in [9.17, 15) is 9.59 Å². The van der Waals surface area contributed by atoms with Crippen LogP contribution in [0, 0.1) is 0 Å². The van der Waals surface area contributed by atoms with Gasteiger partial charge in [0.1, 0.15) is 0 Å². The zero-order valence-electron chi connectivity index (χ0n) is 17.4. The predicted octanol–water partition coefficient (Wildman–Crippen LogP) is 4.02. The van der Waals surface area contributed by atoms with Crippen molar-refractivity contribution < 1.29 is 9.59 Å². The summed E-state index contributed by atoms with van der Waals surface area (Å²) in [5.41, 5.74) is 2.75. The number of hydrogen-bond acceptors (Lipinski definition) is 3. The molecule has 0 radical (unpaired) electrons. The highest BCUT2D eigenvalue weighted by Crippen LogP contribution is 2.20. The average Bonchev–Trinajstić information content (AvgIpc) is 3.16. The van der Waals surface area contributed by atoms with Gasteiger partial charge in [-0.25, -0.2) is 0 Å². The Kier molecular flexibility index (Phi) is 7.28. The number of carbonyl (C=O) groups is 2. The Morgan fingerprint density at radius 2 is 1.86 bits per heavy atom. The Bertz CT molecular complexity index is 805. The second kappa shape index (κ2) is 10.1. The summed E-state index contributed by atoms with van der Waals surface area (Å²) in [5.74, 6) is 0.0490. The number of amides is 2. The number of nitrogens with zero attached hydrogens (tertiary/aromatic N) is 2. The first-order chi connectivity index (χ1) is 14.1. The Morgan fingerprint density at radius 3 is 2.48 bits per heavy atom. The summed E-state index contributed by atoms with van der Waals surface area (Å²) in [7, 11) is 2.07. The van der Waals surface area contributed by atoms with Crippen LogP contribution in [0.15, 0.2) is 54.6 Å². The van der Waals surface area contributed by atoms with Crippen LogP contribution in [-0.4, -0.2) is 43.4 Å². The van der Waals surface area contributed by atoms with Crippen LogP contribution < -0.4 is 10.2 Å². The maximum atomic E-state index is 12.9. The van der Waals surface area contributed by atoms with Gasteiger partial charge in [-0.15, -0.1) is 0 Å². The van der Waals surface area contributed by atoms with Gasteiger partial charge >= 0.3 is 0 Å². The molecule has 1 aliphatic heterocycles. The van der Waals surface area contributed by atoms with Crippen LogP contribution in [0.4, 0.5) is 5.69 Å². The smallest absolute Gasteiger partial charge is 0.251 e. The van der Waals surface area contributed by atoms with Gasteiger partial charge in [0.05, 0.1) is 6.04 Å². The second-order valence-corrected chi connectivity index (χ2v) is 7.70. The van der Waals surface area contributed by atoms with Crippen molar-refractivity contribution in [2.24, 2.45) is 0 Å². The highest BCUT2D eigenvalue weighted by Gasteiger charge is 2.25. The first-order valence-corrected chi connectivity index (χ1v) is 10.5. The molecule has 2 amide bonds. The van der Waals surface area contributed by atoms with Crippen LogP contribution in [0.3, 0.4) is 0 Å². The predicted molar refractivity (Wildman–Crippen MR) is 117 cm³/mol. The fourth-order valence-electron chi connectivity index (χ4n) is 3.67. The van der Waals surface area contributed by atoms with Crippen LogP contribution in [-0.2, 0) is 4.79 Å². The third kappa shape index (κ3) is 5.59. The van der Waals surface area contributed by atoms with Gasteiger partial charge in [0, 0.05) is 44.4 Å². The lowest BCUT2D eigenvalue weighted by Crippen LogP contribution is -2.38. The largest absolute Gasteiger partial charge is 0.375 e. The van der Waals surface area contributed by atoms with Gasteiger partial charge in [-0.05, 0) is 42.7 Å². The summed E-state index contributed by atoms with van der Waals surface area (Å²) in [6.45, 7) is 4.45. The van der Waals surface area contributed by atoms with Crippen molar-refractivity contribution in [1.82, 2.24) is 10.2 Å². The van der Waals surface area contributed by atoms with Crippen LogP contribution in [0.1, 0.15) is 54.6 Å². The lowest BCUT2D eigenvalue weighted by Gasteiger charge is -2.25. The van der Waals surface area contributed by atoms with Crippen LogP contribution >= 0.6 is 0 Å². The van der Waals surface area contributed by atoms with Crippen molar-refractivity contribution in [3.05, 3.63) is 65.7 Å². The van der Waals surface area contributed by atoms with E-state index in [0.29, 0.717) is 18.5 Å². The molecule has 154 valence electrons. The maximum Gasteiger partial charge on any atom is 0.251 e. The highest BCUT2D eigenvalue weighted by atomic mass is 16.2. The second-order valence-electron chi connectivity index (χ2n) is 7.70. The molecule has 1 atom stereocenters. The molecule has 0 saturated carbocycles. The zero-order chi connectivity index (χ0) is 20.6. The quantitative estimate of drug-likeness (QED) is 0.700. The number of carbonyl (C=O) groups excluding carboxylic acids is 2. The lowest BCUT2D eigenvalue weighted by atomic mass is 10.1. The molecule has 0 bridgehead atoms. The monoisotopic (exact) mass is 393 g/mol. The molecule has 5 nitrogen and oxygen atoms in total. The van der Waals surface area contributed by atoms with Gasteiger partial charge in [0.15, 0.2) is 0 Å². The highest BCUT2D eigenvalue weighted by molar-refractivity contribution is 5.94. The van der Waals surface area contributed by atoms with E-state index in [0.717, 1.165) is 43.6 Å². The fraction of sp³-hybridized carbons (Fsp3) is 0.417. The van der Waals surface area contributed by atoms with Crippen LogP contribution in [0.25, 0.3) is 0 Å². The van der Waals surface area contributed by atoms with Gasteiger partial charge in [0.2, 0.25) is 5.91 Å². The van der Waals surface area contributed by atoms with Crippen LogP contribution in [0.5, 0.6) is 0 Å². The van der Waals surface area contributed by atoms with E-state index >= 15 is 0 Å². The average molecular weight is 394 g/mol. The van der Waals surface area contributed by atoms with Crippen molar-refractivity contribution in [2.45, 2.75) is 38.6 Å². The summed E-state index contributed by atoms with van der Waals surface area (Å²) < 4.78 is 0. The van der Waals surface area contributed by atoms with Crippen molar-refractivity contribution in [1.29, 1.82) is 0 Å². The molecule has 5 heteroatoms. The van der Waals surface area contributed by atoms with Gasteiger partial charge in [-0.2, -0.15) is 0 Å². The summed E-state index contributed by atoms with van der Waals surface area (Å²) in [6.07, 6.45) is 3.79. The number of unbranched alkanes of at least 4 members (excludes halogenated alkanes) is 1. The van der Waals surface area contributed by atoms with E-state index in [4.69, 9.17) is 0 Å². The van der Waals surface area contributed by atoms with Gasteiger partial charge < -0.3 is 15.1 Å². The van der Waals surface area contributed by atoms with Gasteiger partial charge in [-0.3, -0.25) is 9.59 Å². The molecule has 2 aromatic carbocycles. The third-order valence-electron chi connectivity index (χ3n) is 5.50. The van der Waals surface area contributed by atoms with Crippen molar-refractivity contribution in [3.8, 4) is 0 Å². The Hall–Kier alpha value is -2.82. The summed E-state index contributed by atoms with van der Waals surface area (Å²) in [6, 6.07) is 17.4. The Morgan fingerprint density at radius 1 is 1.14 bits per heavy atom. The van der Waals surface area contributed by atoms with Gasteiger partial charge in [0.25, 0.3) is 5.91 Å². The molecule has 29 heavy (non-hydrogen) atoms. The Labute approximate surface area is 173 Å². The van der Waals surface area contributed by atoms with E-state index in [2.05, 4.69) is 24.2 Å². The minimum atomic E-state index is -0.224. The maximum absolute atomic E-state index is 12.9. The first kappa shape index (κ1) is 20.9. The zero-order valence-corrected chi connectivity index (χ0v) is 17.4. The molecular formula is C24H31N3O2. The number of benzene rings is 2. The van der Waals surface area contributed by atoms with Crippen molar-refractivity contribution in [2.75, 3.05) is 31.6 Å². The summed E-state index contributed by atoms with van der Waals surface area (Å²) >= 11 is 0. The molecule has 1 saturated heterocycles. The summed E-state index contributed by atoms with van der Waals surface area (Å²) in [5, 5.41) is 3.13. The standard InChI is InChI=1S/C24H31N3O2/c1-3-4-16-26(2)21-14-12-20(13-15-21)24(29)25-22(19-9-6-5-7-10-19)18-27-17-8-11-23(27)28/h5-7,9-10,12-15,22H,3-4,8,11,16-18H2,1-2H3,(H,25,29)/t22-/m0/s1.